The van der Waals surface area contributed by atoms with E-state index in [-0.39, 0.29) is 17.6 Å². The number of rotatable bonds is 7. The number of aryl methyl sites for hydroxylation is 2. The number of hydrogen-bond acceptors (Lipinski definition) is 7. The van der Waals surface area contributed by atoms with E-state index in [1.54, 1.807) is 0 Å². The molecule has 0 aliphatic heterocycles. The third kappa shape index (κ3) is 3.78. The van der Waals surface area contributed by atoms with Gasteiger partial charge < -0.3 is 14.6 Å². The molecule has 0 radical (unpaired) electrons. The first-order valence-electron chi connectivity index (χ1n) is 8.60. The van der Waals surface area contributed by atoms with Gasteiger partial charge in [-0.05, 0) is 38.2 Å². The molecule has 2 heterocycles. The average molecular weight is 395 g/mol. The summed E-state index contributed by atoms with van der Waals surface area (Å²) in [5.41, 5.74) is 1.55. The van der Waals surface area contributed by atoms with E-state index in [0.717, 1.165) is 48.8 Å². The monoisotopic (exact) mass is 394 g/mol. The van der Waals surface area contributed by atoms with Crippen LogP contribution in [-0.2, 0) is 28.9 Å². The van der Waals surface area contributed by atoms with Crippen LogP contribution >= 0.6 is 23.1 Å². The third-order valence-electron chi connectivity index (χ3n) is 4.25. The molecule has 0 aromatic carbocycles. The molecular formula is C17H22N4O3S2. The first-order valence-corrected chi connectivity index (χ1v) is 10.4. The molecule has 7 nitrogen and oxygen atoms in total. The highest BCUT2D eigenvalue weighted by atomic mass is 32.2. The summed E-state index contributed by atoms with van der Waals surface area (Å²) in [4.78, 5) is 25.7. The molecule has 2 aromatic rings. The maximum absolute atomic E-state index is 12.4. The van der Waals surface area contributed by atoms with Crippen LogP contribution in [0, 0.1) is 6.92 Å². The summed E-state index contributed by atoms with van der Waals surface area (Å²) in [5, 5.41) is 12.4. The van der Waals surface area contributed by atoms with Crippen LogP contribution in [0.1, 0.15) is 46.4 Å². The van der Waals surface area contributed by atoms with Gasteiger partial charge in [0.15, 0.2) is 5.16 Å². The quantitative estimate of drug-likeness (QED) is 0.574. The molecule has 26 heavy (non-hydrogen) atoms. The van der Waals surface area contributed by atoms with Crippen LogP contribution in [0.3, 0.4) is 0 Å². The number of amides is 1. The summed E-state index contributed by atoms with van der Waals surface area (Å²) in [6.07, 6.45) is 3.83. The van der Waals surface area contributed by atoms with E-state index in [0.29, 0.717) is 10.6 Å². The molecule has 0 bridgehead atoms. The number of thioether (sulfide) groups is 1. The fraction of sp³-hybridized carbons (Fsp3) is 0.529. The number of carbonyl (C=O) groups is 2. The lowest BCUT2D eigenvalue weighted by Crippen LogP contribution is -2.16. The molecule has 140 valence electrons. The van der Waals surface area contributed by atoms with Gasteiger partial charge in [0.1, 0.15) is 10.8 Å². The summed E-state index contributed by atoms with van der Waals surface area (Å²) in [5.74, 6) is 0.511. The number of aromatic nitrogens is 3. The number of hydrogen-bond donors (Lipinski definition) is 1. The van der Waals surface area contributed by atoms with Gasteiger partial charge in [-0.2, -0.15) is 0 Å². The Morgan fingerprint density at radius 3 is 2.88 bits per heavy atom. The molecule has 0 atom stereocenters. The van der Waals surface area contributed by atoms with Crippen LogP contribution in [0.25, 0.3) is 0 Å². The third-order valence-corrected chi connectivity index (χ3v) is 6.42. The van der Waals surface area contributed by atoms with Crippen molar-refractivity contribution in [2.24, 2.45) is 0 Å². The fourth-order valence-corrected chi connectivity index (χ4v) is 5.16. The Balaban J connectivity index is 1.69. The predicted molar refractivity (Wildman–Crippen MR) is 102 cm³/mol. The number of carbonyl (C=O) groups excluding carboxylic acids is 2. The summed E-state index contributed by atoms with van der Waals surface area (Å²) in [6, 6.07) is 0. The number of nitrogens with zero attached hydrogens (tertiary/aromatic N) is 3. The largest absolute Gasteiger partial charge is 0.465 e. The second-order valence-corrected chi connectivity index (χ2v) is 8.12. The Morgan fingerprint density at radius 2 is 2.15 bits per heavy atom. The maximum atomic E-state index is 12.4. The second-order valence-electron chi connectivity index (χ2n) is 6.07. The highest BCUT2D eigenvalue weighted by molar-refractivity contribution is 7.99. The zero-order valence-electron chi connectivity index (χ0n) is 15.1. The minimum absolute atomic E-state index is 0.163. The van der Waals surface area contributed by atoms with E-state index < -0.39 is 0 Å². The molecule has 1 amide bonds. The number of thiophene rings is 1. The Kier molecular flexibility index (Phi) is 5.98. The van der Waals surface area contributed by atoms with E-state index in [1.807, 2.05) is 11.5 Å². The van der Waals surface area contributed by atoms with Gasteiger partial charge in [-0.15, -0.1) is 21.5 Å². The molecule has 1 N–H and O–H groups in total. The molecule has 1 aliphatic carbocycles. The lowest BCUT2D eigenvalue weighted by Gasteiger charge is -2.08. The number of esters is 1. The van der Waals surface area contributed by atoms with Gasteiger partial charge in [0, 0.05) is 11.4 Å². The van der Waals surface area contributed by atoms with Crippen LogP contribution in [0.4, 0.5) is 5.00 Å². The van der Waals surface area contributed by atoms with Crippen molar-refractivity contribution >= 4 is 40.0 Å². The summed E-state index contributed by atoms with van der Waals surface area (Å²) >= 11 is 2.83. The molecule has 0 saturated carbocycles. The number of ether oxygens (including phenoxy) is 1. The van der Waals surface area contributed by atoms with Gasteiger partial charge in [0.05, 0.1) is 18.4 Å². The number of fused-ring (bicyclic) bond motifs is 1. The smallest absolute Gasteiger partial charge is 0.341 e. The van der Waals surface area contributed by atoms with Crippen LogP contribution in [-0.4, -0.2) is 39.5 Å². The van der Waals surface area contributed by atoms with E-state index in [1.165, 1.54) is 35.1 Å². The van der Waals surface area contributed by atoms with E-state index in [4.69, 9.17) is 4.74 Å². The standard InChI is InChI=1S/C17H22N4O3S2/c1-4-8-21-10(2)19-20-17(21)25-9-13(22)18-15-14(16(23)24-3)11-6-5-7-12(11)26-15/h4-9H2,1-3H3,(H,18,22). The average Bonchev–Trinajstić information content (AvgIpc) is 3.29. The Hall–Kier alpha value is -1.87. The van der Waals surface area contributed by atoms with E-state index in [9.17, 15) is 9.59 Å². The zero-order valence-corrected chi connectivity index (χ0v) is 16.8. The number of methoxy groups -OCH3 is 1. The Morgan fingerprint density at radius 1 is 1.35 bits per heavy atom. The molecule has 9 heteroatoms. The highest BCUT2D eigenvalue weighted by Crippen LogP contribution is 2.39. The summed E-state index contributed by atoms with van der Waals surface area (Å²) in [6.45, 7) is 4.82. The van der Waals surface area contributed by atoms with Crippen molar-refractivity contribution in [1.82, 2.24) is 14.8 Å². The molecule has 1 aliphatic rings. The van der Waals surface area contributed by atoms with Crippen LogP contribution in [0.15, 0.2) is 5.16 Å². The normalized spacial score (nSPS) is 12.9. The SMILES string of the molecule is CCCn1c(C)nnc1SCC(=O)Nc1sc2c(c1C(=O)OC)CCC2. The lowest BCUT2D eigenvalue weighted by molar-refractivity contribution is -0.113. The van der Waals surface area contributed by atoms with Crippen molar-refractivity contribution in [3.8, 4) is 0 Å². The van der Waals surface area contributed by atoms with Crippen molar-refractivity contribution in [3.05, 3.63) is 21.8 Å². The van der Waals surface area contributed by atoms with Crippen molar-refractivity contribution in [2.45, 2.75) is 51.2 Å². The lowest BCUT2D eigenvalue weighted by atomic mass is 10.1. The molecule has 2 aromatic heterocycles. The molecule has 0 unspecified atom stereocenters. The van der Waals surface area contributed by atoms with Gasteiger partial charge in [-0.1, -0.05) is 18.7 Å². The molecule has 3 rings (SSSR count). The minimum Gasteiger partial charge on any atom is -0.465 e. The molecular weight excluding hydrogens is 372 g/mol. The van der Waals surface area contributed by atoms with Crippen molar-refractivity contribution in [2.75, 3.05) is 18.2 Å². The van der Waals surface area contributed by atoms with E-state index >= 15 is 0 Å². The predicted octanol–water partition coefficient (Wildman–Crippen LogP) is 3.06. The maximum Gasteiger partial charge on any atom is 0.341 e. The van der Waals surface area contributed by atoms with Crippen molar-refractivity contribution < 1.29 is 14.3 Å². The zero-order chi connectivity index (χ0) is 18.7. The molecule has 0 saturated heterocycles. The van der Waals surface area contributed by atoms with Crippen molar-refractivity contribution in [1.29, 1.82) is 0 Å². The van der Waals surface area contributed by atoms with Gasteiger partial charge in [0.25, 0.3) is 0 Å². The first kappa shape index (κ1) is 18.9. The Bertz CT molecular complexity index is 828. The molecule has 0 spiro atoms. The second kappa shape index (κ2) is 8.22. The summed E-state index contributed by atoms with van der Waals surface area (Å²) in [7, 11) is 1.37. The van der Waals surface area contributed by atoms with Crippen LogP contribution in [0.2, 0.25) is 0 Å². The Labute approximate surface area is 160 Å². The van der Waals surface area contributed by atoms with Gasteiger partial charge in [-0.3, -0.25) is 4.79 Å². The minimum atomic E-state index is -0.384. The van der Waals surface area contributed by atoms with Gasteiger partial charge in [0.2, 0.25) is 5.91 Å². The fourth-order valence-electron chi connectivity index (χ4n) is 3.05. The van der Waals surface area contributed by atoms with Crippen molar-refractivity contribution in [3.63, 3.8) is 0 Å². The van der Waals surface area contributed by atoms with E-state index in [2.05, 4.69) is 22.4 Å². The molecule has 0 fully saturated rings. The van der Waals surface area contributed by atoms with Gasteiger partial charge in [-0.25, -0.2) is 4.79 Å². The highest BCUT2D eigenvalue weighted by Gasteiger charge is 2.28. The number of anilines is 1. The van der Waals surface area contributed by atoms with Crippen LogP contribution in [0.5, 0.6) is 0 Å². The summed E-state index contributed by atoms with van der Waals surface area (Å²) < 4.78 is 6.92. The van der Waals surface area contributed by atoms with Crippen LogP contribution < -0.4 is 5.32 Å². The number of nitrogens with one attached hydrogen (secondary N) is 1. The van der Waals surface area contributed by atoms with Gasteiger partial charge >= 0.3 is 5.97 Å². The first-order chi connectivity index (χ1) is 12.5. The topological polar surface area (TPSA) is 86.1 Å².